The van der Waals surface area contributed by atoms with Gasteiger partial charge in [-0.15, -0.1) is 12.8 Å². The number of benzene rings is 1. The molecule has 0 fully saturated rings. The van der Waals surface area contributed by atoms with Gasteiger partial charge in [0, 0.05) is 24.2 Å². The maximum atomic E-state index is 11.8. The second-order valence-electron chi connectivity index (χ2n) is 3.91. The summed E-state index contributed by atoms with van der Waals surface area (Å²) in [6, 6.07) is 4.77. The lowest BCUT2D eigenvalue weighted by atomic mass is 10.1. The third kappa shape index (κ3) is 5.16. The van der Waals surface area contributed by atoms with Crippen LogP contribution in [0.5, 0.6) is 0 Å². The van der Waals surface area contributed by atoms with Gasteiger partial charge < -0.3 is 14.6 Å². The zero-order valence-corrected chi connectivity index (χ0v) is 11.1. The first-order chi connectivity index (χ1) is 9.71. The Morgan fingerprint density at radius 2 is 1.75 bits per heavy atom. The van der Waals surface area contributed by atoms with E-state index in [4.69, 9.17) is 27.4 Å². The predicted molar refractivity (Wildman–Crippen MR) is 75.1 cm³/mol. The number of esters is 1. The summed E-state index contributed by atoms with van der Waals surface area (Å²) in [7, 11) is 0. The van der Waals surface area contributed by atoms with Crippen LogP contribution in [-0.4, -0.2) is 37.5 Å². The number of aliphatic hydroxyl groups is 1. The molecule has 0 saturated heterocycles. The molecule has 0 aliphatic heterocycles. The highest BCUT2D eigenvalue weighted by atomic mass is 16.5. The minimum Gasteiger partial charge on any atom is -0.462 e. The molecule has 0 aliphatic rings. The average Bonchev–Trinajstić information content (AvgIpc) is 2.49. The summed E-state index contributed by atoms with van der Waals surface area (Å²) in [5.74, 6) is 4.41. The second-order valence-corrected chi connectivity index (χ2v) is 3.91. The van der Waals surface area contributed by atoms with Gasteiger partial charge in [-0.3, -0.25) is 0 Å². The van der Waals surface area contributed by atoms with Crippen molar-refractivity contribution >= 4 is 5.97 Å². The molecule has 1 rings (SSSR count). The molecule has 1 aromatic rings. The van der Waals surface area contributed by atoms with Gasteiger partial charge in [0.2, 0.25) is 0 Å². The highest BCUT2D eigenvalue weighted by molar-refractivity contribution is 5.90. The lowest BCUT2D eigenvalue weighted by Crippen LogP contribution is -2.10. The highest BCUT2D eigenvalue weighted by Crippen LogP contribution is 2.10. The topological polar surface area (TPSA) is 55.8 Å². The van der Waals surface area contributed by atoms with Crippen LogP contribution in [0.25, 0.3) is 0 Å². The van der Waals surface area contributed by atoms with Gasteiger partial charge in [-0.2, -0.15) is 0 Å². The largest absolute Gasteiger partial charge is 0.462 e. The normalized spacial score (nSPS) is 9.55. The van der Waals surface area contributed by atoms with Crippen molar-refractivity contribution in [2.75, 3.05) is 26.4 Å². The molecule has 104 valence electrons. The van der Waals surface area contributed by atoms with Gasteiger partial charge in [0.05, 0.1) is 25.4 Å². The number of rotatable bonds is 7. The van der Waals surface area contributed by atoms with Gasteiger partial charge in [0.25, 0.3) is 0 Å². The summed E-state index contributed by atoms with van der Waals surface area (Å²) in [5, 5.41) is 8.52. The van der Waals surface area contributed by atoms with Gasteiger partial charge in [0.15, 0.2) is 0 Å². The molecule has 0 unspecified atom stereocenters. The molecular weight excluding hydrogens is 256 g/mol. The lowest BCUT2D eigenvalue weighted by Gasteiger charge is -2.06. The molecule has 0 aliphatic carbocycles. The van der Waals surface area contributed by atoms with Crippen LogP contribution >= 0.6 is 0 Å². The Labute approximate surface area is 118 Å². The SMILES string of the molecule is C#Cc1cc(C#C)cc(C(=O)OCCCOCCO)c1. The van der Waals surface area contributed by atoms with E-state index in [0.29, 0.717) is 29.7 Å². The number of hydrogen-bond acceptors (Lipinski definition) is 4. The first-order valence-electron chi connectivity index (χ1n) is 6.15. The Balaban J connectivity index is 2.52. The molecule has 0 bridgehead atoms. The Morgan fingerprint density at radius 1 is 1.10 bits per heavy atom. The van der Waals surface area contributed by atoms with Crippen LogP contribution in [0.1, 0.15) is 27.9 Å². The summed E-state index contributed by atoms with van der Waals surface area (Å²) in [6.07, 6.45) is 11.2. The van der Waals surface area contributed by atoms with E-state index >= 15 is 0 Å². The summed E-state index contributed by atoms with van der Waals surface area (Å²) in [5.41, 5.74) is 1.42. The van der Waals surface area contributed by atoms with Crippen molar-refractivity contribution in [3.8, 4) is 24.7 Å². The fourth-order valence-corrected chi connectivity index (χ4v) is 1.49. The summed E-state index contributed by atoms with van der Waals surface area (Å²) in [4.78, 5) is 11.8. The third-order valence-electron chi connectivity index (χ3n) is 2.40. The minimum atomic E-state index is -0.472. The highest BCUT2D eigenvalue weighted by Gasteiger charge is 2.09. The molecule has 0 saturated carbocycles. The molecular formula is C16H16O4. The van der Waals surface area contributed by atoms with E-state index in [2.05, 4.69) is 11.8 Å². The maximum absolute atomic E-state index is 11.8. The van der Waals surface area contributed by atoms with Crippen LogP contribution in [0.2, 0.25) is 0 Å². The first-order valence-corrected chi connectivity index (χ1v) is 6.15. The molecule has 0 aromatic heterocycles. The van der Waals surface area contributed by atoms with E-state index in [0.717, 1.165) is 0 Å². The average molecular weight is 272 g/mol. The number of ether oxygens (including phenoxy) is 2. The molecule has 4 nitrogen and oxygen atoms in total. The van der Waals surface area contributed by atoms with E-state index in [1.54, 1.807) is 18.2 Å². The number of aliphatic hydroxyl groups excluding tert-OH is 1. The monoisotopic (exact) mass is 272 g/mol. The van der Waals surface area contributed by atoms with E-state index in [-0.39, 0.29) is 19.8 Å². The zero-order chi connectivity index (χ0) is 14.8. The fraction of sp³-hybridized carbons (Fsp3) is 0.312. The Kier molecular flexibility index (Phi) is 6.92. The number of hydrogen-bond donors (Lipinski definition) is 1. The summed E-state index contributed by atoms with van der Waals surface area (Å²) in [6.45, 7) is 0.918. The van der Waals surface area contributed by atoms with Crippen molar-refractivity contribution in [3.05, 3.63) is 34.9 Å². The summed E-state index contributed by atoms with van der Waals surface area (Å²) >= 11 is 0. The van der Waals surface area contributed by atoms with Crippen LogP contribution in [0.15, 0.2) is 18.2 Å². The van der Waals surface area contributed by atoms with Crippen LogP contribution in [0, 0.1) is 24.7 Å². The molecule has 0 heterocycles. The maximum Gasteiger partial charge on any atom is 0.338 e. The molecule has 20 heavy (non-hydrogen) atoms. The van der Waals surface area contributed by atoms with Crippen molar-refractivity contribution in [2.24, 2.45) is 0 Å². The Hall–Kier alpha value is -2.27. The van der Waals surface area contributed by atoms with Gasteiger partial charge in [-0.05, 0) is 18.2 Å². The Bertz CT molecular complexity index is 502. The van der Waals surface area contributed by atoms with Crippen LogP contribution in [0.4, 0.5) is 0 Å². The number of terminal acetylenes is 2. The van der Waals surface area contributed by atoms with E-state index in [1.165, 1.54) is 0 Å². The van der Waals surface area contributed by atoms with Crippen LogP contribution in [-0.2, 0) is 9.47 Å². The molecule has 1 N–H and O–H groups in total. The molecule has 1 aromatic carbocycles. The molecule has 0 amide bonds. The molecule has 4 heteroatoms. The summed E-state index contributed by atoms with van der Waals surface area (Å²) < 4.78 is 10.1. The number of carbonyl (C=O) groups is 1. The molecule has 0 atom stereocenters. The van der Waals surface area contributed by atoms with Gasteiger partial charge >= 0.3 is 5.97 Å². The van der Waals surface area contributed by atoms with Crippen molar-refractivity contribution in [1.29, 1.82) is 0 Å². The quantitative estimate of drug-likeness (QED) is 0.460. The van der Waals surface area contributed by atoms with E-state index < -0.39 is 5.97 Å². The van der Waals surface area contributed by atoms with Crippen molar-refractivity contribution in [2.45, 2.75) is 6.42 Å². The number of carbonyl (C=O) groups excluding carboxylic acids is 1. The van der Waals surface area contributed by atoms with Crippen LogP contribution < -0.4 is 0 Å². The van der Waals surface area contributed by atoms with Crippen molar-refractivity contribution < 1.29 is 19.4 Å². The van der Waals surface area contributed by atoms with Crippen molar-refractivity contribution in [3.63, 3.8) is 0 Å². The van der Waals surface area contributed by atoms with E-state index in [9.17, 15) is 4.79 Å². The second kappa shape index (κ2) is 8.77. The minimum absolute atomic E-state index is 0.0203. The fourth-order valence-electron chi connectivity index (χ4n) is 1.49. The third-order valence-corrected chi connectivity index (χ3v) is 2.40. The zero-order valence-electron chi connectivity index (χ0n) is 11.1. The lowest BCUT2D eigenvalue weighted by molar-refractivity contribution is 0.0416. The molecule has 0 radical (unpaired) electrons. The van der Waals surface area contributed by atoms with Gasteiger partial charge in [-0.1, -0.05) is 11.8 Å². The predicted octanol–water partition coefficient (Wildman–Crippen LogP) is 1.20. The van der Waals surface area contributed by atoms with Crippen LogP contribution in [0.3, 0.4) is 0 Å². The smallest absolute Gasteiger partial charge is 0.338 e. The standard InChI is InChI=1S/C16H16O4/c1-3-13-10-14(4-2)12-15(11-13)16(18)20-8-5-7-19-9-6-17/h1-2,10-12,17H,5-9H2. The van der Waals surface area contributed by atoms with Gasteiger partial charge in [0.1, 0.15) is 0 Å². The van der Waals surface area contributed by atoms with Crippen molar-refractivity contribution in [1.82, 2.24) is 0 Å². The Morgan fingerprint density at radius 3 is 2.30 bits per heavy atom. The van der Waals surface area contributed by atoms with Gasteiger partial charge in [-0.25, -0.2) is 4.79 Å². The van der Waals surface area contributed by atoms with E-state index in [1.807, 2.05) is 0 Å². The first kappa shape index (κ1) is 15.8. The molecule has 0 spiro atoms.